The molecule has 2 heterocycles. The number of hydrogen-bond donors (Lipinski definition) is 3. The number of methoxy groups -OCH3 is 1. The SMILES string of the molecule is CNC(=O)c1ccc(NCC#Cc2cc3c(N[C@H]4CCN(C)C[C@@H]4F)cccc3n2CC(F)(F)F)c(OC)c1.S. The van der Waals surface area contributed by atoms with Gasteiger partial charge in [0.1, 0.15) is 18.5 Å². The third kappa shape index (κ3) is 7.34. The molecule has 1 aromatic heterocycles. The zero-order valence-corrected chi connectivity index (χ0v) is 23.5. The van der Waals surface area contributed by atoms with Crippen LogP contribution in [0.5, 0.6) is 5.75 Å². The van der Waals surface area contributed by atoms with Gasteiger partial charge < -0.3 is 30.2 Å². The number of piperidine rings is 1. The molecule has 3 aromatic rings. The lowest BCUT2D eigenvalue weighted by Crippen LogP contribution is -2.46. The van der Waals surface area contributed by atoms with Gasteiger partial charge in [-0.15, -0.1) is 0 Å². The monoisotopic (exact) mass is 579 g/mol. The number of fused-ring (bicyclic) bond motifs is 1. The molecule has 40 heavy (non-hydrogen) atoms. The number of likely N-dealkylation sites (tertiary alicyclic amines) is 1. The van der Waals surface area contributed by atoms with Gasteiger partial charge >= 0.3 is 6.18 Å². The first-order valence-corrected chi connectivity index (χ1v) is 12.5. The van der Waals surface area contributed by atoms with Gasteiger partial charge in [-0.1, -0.05) is 12.0 Å². The molecule has 0 spiro atoms. The van der Waals surface area contributed by atoms with Crippen LogP contribution in [0.2, 0.25) is 0 Å². The molecular weight excluding hydrogens is 546 g/mol. The van der Waals surface area contributed by atoms with Crippen LogP contribution in [-0.4, -0.2) is 74.6 Å². The molecule has 0 bridgehead atoms. The van der Waals surface area contributed by atoms with Crippen molar-refractivity contribution in [2.45, 2.75) is 31.4 Å². The fraction of sp³-hybridized carbons (Fsp3) is 0.393. The van der Waals surface area contributed by atoms with E-state index in [9.17, 15) is 22.4 Å². The summed E-state index contributed by atoms with van der Waals surface area (Å²) in [5, 5.41) is 9.38. The number of halogens is 4. The van der Waals surface area contributed by atoms with Crippen LogP contribution < -0.4 is 20.7 Å². The second-order valence-corrected chi connectivity index (χ2v) is 9.44. The van der Waals surface area contributed by atoms with Crippen LogP contribution in [-0.2, 0) is 6.54 Å². The standard InChI is InChI=1S/C28H31F4N5O2.H2S/c1-33-27(38)18-9-10-24(26(14-18)39-3)34-12-5-6-19-15-20-22(35-23-11-13-36(2)16-21(23)29)7-4-8-25(20)37(19)17-28(30,31)32;/h4,7-10,14-15,21,23,34-35H,11-13,16-17H2,1-3H3,(H,33,38);1H2/t21-,23-;/m0./s1. The number of alkyl halides is 4. The van der Waals surface area contributed by atoms with Gasteiger partial charge in [0.2, 0.25) is 0 Å². The summed E-state index contributed by atoms with van der Waals surface area (Å²) in [5.74, 6) is 5.90. The summed E-state index contributed by atoms with van der Waals surface area (Å²) >= 11 is 0. The summed E-state index contributed by atoms with van der Waals surface area (Å²) in [7, 11) is 4.86. The lowest BCUT2D eigenvalue weighted by Gasteiger charge is -2.33. The number of rotatable bonds is 7. The molecule has 1 amide bonds. The molecule has 4 rings (SSSR count). The van der Waals surface area contributed by atoms with Crippen molar-refractivity contribution in [2.75, 3.05) is 51.5 Å². The Labute approximate surface area is 237 Å². The van der Waals surface area contributed by atoms with Crippen molar-refractivity contribution in [1.29, 1.82) is 0 Å². The highest BCUT2D eigenvalue weighted by Crippen LogP contribution is 2.32. The topological polar surface area (TPSA) is 70.6 Å². The summed E-state index contributed by atoms with van der Waals surface area (Å²) in [5.41, 5.74) is 2.14. The van der Waals surface area contributed by atoms with E-state index in [2.05, 4.69) is 27.8 Å². The second kappa shape index (κ2) is 13.2. The first-order chi connectivity index (χ1) is 18.6. The predicted molar refractivity (Wildman–Crippen MR) is 155 cm³/mol. The van der Waals surface area contributed by atoms with Gasteiger partial charge in [-0.2, -0.15) is 26.7 Å². The Morgan fingerprint density at radius 2 is 1.95 bits per heavy atom. The van der Waals surface area contributed by atoms with Crippen molar-refractivity contribution in [3.05, 3.63) is 53.7 Å². The summed E-state index contributed by atoms with van der Waals surface area (Å²) in [6, 6.07) is 11.1. The first kappa shape index (κ1) is 31.0. The largest absolute Gasteiger partial charge is 0.495 e. The zero-order valence-electron chi connectivity index (χ0n) is 22.5. The van der Waals surface area contributed by atoms with Gasteiger partial charge in [-0.3, -0.25) is 4.79 Å². The van der Waals surface area contributed by atoms with Crippen molar-refractivity contribution >= 4 is 41.7 Å². The summed E-state index contributed by atoms with van der Waals surface area (Å²) < 4.78 is 61.6. The average molecular weight is 580 g/mol. The Morgan fingerprint density at radius 3 is 2.62 bits per heavy atom. The highest BCUT2D eigenvalue weighted by atomic mass is 32.1. The lowest BCUT2D eigenvalue weighted by molar-refractivity contribution is -0.140. The number of benzene rings is 2. The lowest BCUT2D eigenvalue weighted by atomic mass is 10.0. The fourth-order valence-electron chi connectivity index (χ4n) is 4.68. The third-order valence-corrected chi connectivity index (χ3v) is 6.64. The molecular formula is C28H33F4N5O2S. The van der Waals surface area contributed by atoms with Crippen LogP contribution in [0.3, 0.4) is 0 Å². The van der Waals surface area contributed by atoms with Crippen LogP contribution in [0.25, 0.3) is 10.9 Å². The van der Waals surface area contributed by atoms with Crippen LogP contribution in [0.1, 0.15) is 22.5 Å². The average Bonchev–Trinajstić information content (AvgIpc) is 3.24. The number of nitrogens with zero attached hydrogens (tertiary/aromatic N) is 2. The Morgan fingerprint density at radius 1 is 1.18 bits per heavy atom. The molecule has 2 atom stereocenters. The summed E-state index contributed by atoms with van der Waals surface area (Å²) in [6.07, 6.45) is -4.96. The van der Waals surface area contributed by atoms with Crippen molar-refractivity contribution in [3.63, 3.8) is 0 Å². The van der Waals surface area contributed by atoms with E-state index in [1.807, 2.05) is 11.9 Å². The number of anilines is 2. The number of amides is 1. The Balaban J connectivity index is 0.00000441. The van der Waals surface area contributed by atoms with Gasteiger partial charge in [0.15, 0.2) is 0 Å². The van der Waals surface area contributed by atoms with Gasteiger partial charge in [0.25, 0.3) is 5.91 Å². The van der Waals surface area contributed by atoms with E-state index in [4.69, 9.17) is 4.74 Å². The van der Waals surface area contributed by atoms with Crippen LogP contribution in [0.15, 0.2) is 42.5 Å². The molecule has 1 fully saturated rings. The van der Waals surface area contributed by atoms with Crippen LogP contribution >= 0.6 is 13.5 Å². The predicted octanol–water partition coefficient (Wildman–Crippen LogP) is 4.60. The number of carbonyl (C=O) groups excluding carboxylic acids is 1. The molecule has 12 heteroatoms. The number of nitrogens with one attached hydrogen (secondary N) is 3. The molecule has 0 aliphatic carbocycles. The number of carbonyl (C=O) groups is 1. The van der Waals surface area contributed by atoms with E-state index in [1.165, 1.54) is 14.2 Å². The van der Waals surface area contributed by atoms with Crippen LogP contribution in [0, 0.1) is 11.8 Å². The molecule has 0 radical (unpaired) electrons. The molecule has 0 unspecified atom stereocenters. The van der Waals surface area contributed by atoms with E-state index in [0.717, 1.165) is 11.1 Å². The van der Waals surface area contributed by atoms with Crippen molar-refractivity contribution in [1.82, 2.24) is 14.8 Å². The Bertz CT molecular complexity index is 1400. The first-order valence-electron chi connectivity index (χ1n) is 12.5. The number of ether oxygens (including phenoxy) is 1. The molecule has 0 saturated carbocycles. The molecule has 216 valence electrons. The quantitative estimate of drug-likeness (QED) is 0.282. The minimum absolute atomic E-state index is 0. The second-order valence-electron chi connectivity index (χ2n) is 9.44. The van der Waals surface area contributed by atoms with E-state index in [1.54, 1.807) is 42.5 Å². The van der Waals surface area contributed by atoms with Crippen molar-refractivity contribution < 1.29 is 27.1 Å². The van der Waals surface area contributed by atoms with E-state index in [-0.39, 0.29) is 31.6 Å². The Hall–Kier alpha value is -3.56. The molecule has 2 aromatic carbocycles. The van der Waals surface area contributed by atoms with Crippen LogP contribution in [0.4, 0.5) is 28.9 Å². The van der Waals surface area contributed by atoms with Gasteiger partial charge in [-0.05, 0) is 55.8 Å². The normalized spacial score (nSPS) is 17.4. The number of hydrogen-bond acceptors (Lipinski definition) is 5. The van der Waals surface area contributed by atoms with E-state index in [0.29, 0.717) is 46.6 Å². The van der Waals surface area contributed by atoms with E-state index >= 15 is 0 Å². The smallest absolute Gasteiger partial charge is 0.406 e. The highest BCUT2D eigenvalue weighted by molar-refractivity contribution is 7.59. The maximum atomic E-state index is 14.7. The highest BCUT2D eigenvalue weighted by Gasteiger charge is 2.31. The fourth-order valence-corrected chi connectivity index (χ4v) is 4.68. The molecule has 1 saturated heterocycles. The third-order valence-electron chi connectivity index (χ3n) is 6.64. The summed E-state index contributed by atoms with van der Waals surface area (Å²) in [4.78, 5) is 13.8. The van der Waals surface area contributed by atoms with Gasteiger partial charge in [-0.25, -0.2) is 4.39 Å². The maximum absolute atomic E-state index is 14.7. The Kier molecular flexibility index (Phi) is 10.2. The van der Waals surface area contributed by atoms with Gasteiger partial charge in [0.05, 0.1) is 36.6 Å². The maximum Gasteiger partial charge on any atom is 0.406 e. The molecule has 3 N–H and O–H groups in total. The van der Waals surface area contributed by atoms with Crippen molar-refractivity contribution in [2.24, 2.45) is 0 Å². The molecule has 1 aliphatic rings. The zero-order chi connectivity index (χ0) is 28.2. The summed E-state index contributed by atoms with van der Waals surface area (Å²) in [6.45, 7) is -0.0580. The minimum Gasteiger partial charge on any atom is -0.495 e. The van der Waals surface area contributed by atoms with E-state index < -0.39 is 24.9 Å². The molecule has 7 nitrogen and oxygen atoms in total. The molecule has 1 aliphatic heterocycles. The van der Waals surface area contributed by atoms with Gasteiger partial charge in [0, 0.05) is 36.8 Å². The number of aromatic nitrogens is 1. The van der Waals surface area contributed by atoms with Crippen molar-refractivity contribution in [3.8, 4) is 17.6 Å². The minimum atomic E-state index is -4.46.